The first-order chi connectivity index (χ1) is 20.9. The van der Waals surface area contributed by atoms with E-state index >= 15 is 0 Å². The van der Waals surface area contributed by atoms with E-state index < -0.39 is 0 Å². The third-order valence-electron chi connectivity index (χ3n) is 7.93. The molecule has 2 aromatic carbocycles. The van der Waals surface area contributed by atoms with Gasteiger partial charge in [0, 0.05) is 24.2 Å². The lowest BCUT2D eigenvalue weighted by atomic mass is 9.95. The van der Waals surface area contributed by atoms with Crippen molar-refractivity contribution >= 4 is 23.4 Å². The normalized spacial score (nSPS) is 10.6. The minimum absolute atomic E-state index is 0.0638. The van der Waals surface area contributed by atoms with Crippen LogP contribution in [-0.2, 0) is 9.59 Å². The maximum atomic E-state index is 12.5. The lowest BCUT2D eigenvalue weighted by molar-refractivity contribution is -0.123. The fourth-order valence-corrected chi connectivity index (χ4v) is 4.55. The van der Waals surface area contributed by atoms with E-state index in [0.29, 0.717) is 59.7 Å². The number of hydrogen-bond donors (Lipinski definition) is 2. The molecule has 0 saturated heterocycles. The molecule has 0 unspecified atom stereocenters. The number of ether oxygens (including phenoxy) is 2. The lowest BCUT2D eigenvalue weighted by Crippen LogP contribution is -2.30. The Balaban J connectivity index is 1.61. The zero-order valence-electron chi connectivity index (χ0n) is 27.2. The number of carbonyl (C=O) groups is 4. The van der Waals surface area contributed by atoms with Crippen molar-refractivity contribution in [3.63, 3.8) is 0 Å². The molecule has 0 saturated carbocycles. The van der Waals surface area contributed by atoms with Crippen LogP contribution in [0, 0.1) is 27.7 Å². The minimum atomic E-state index is -0.202. The molecule has 0 aliphatic heterocycles. The molecule has 2 amide bonds. The van der Waals surface area contributed by atoms with E-state index in [1.165, 1.54) is 0 Å². The molecule has 2 rings (SSSR count). The molecule has 0 heterocycles. The van der Waals surface area contributed by atoms with E-state index in [9.17, 15) is 19.2 Å². The van der Waals surface area contributed by atoms with Crippen LogP contribution in [0.1, 0.15) is 95.3 Å². The standard InChI is InChI=1S/C36H48N2O6/c1-9-23(3)35(41)29-15-17-31(27(7)25(29)5)43-21-33(39)37-19-13-11-12-14-20-38-34(40)22-44-32-18-16-30(26(6)28(32)8)36(42)24(4)10-2/h15-18H,3-4,9-14,19-22H2,1-2,5-8H3,(H,37,39)(H,38,40). The van der Waals surface area contributed by atoms with Crippen LogP contribution in [0.2, 0.25) is 0 Å². The van der Waals surface area contributed by atoms with E-state index in [0.717, 1.165) is 47.9 Å². The van der Waals surface area contributed by atoms with Crippen molar-refractivity contribution in [2.75, 3.05) is 26.3 Å². The summed E-state index contributed by atoms with van der Waals surface area (Å²) >= 11 is 0. The highest BCUT2D eigenvalue weighted by Gasteiger charge is 2.17. The van der Waals surface area contributed by atoms with Gasteiger partial charge in [0.05, 0.1) is 0 Å². The number of benzene rings is 2. The van der Waals surface area contributed by atoms with Crippen molar-refractivity contribution in [1.82, 2.24) is 10.6 Å². The highest BCUT2D eigenvalue weighted by atomic mass is 16.5. The summed E-state index contributed by atoms with van der Waals surface area (Å²) in [5.74, 6) is 0.630. The smallest absolute Gasteiger partial charge is 0.257 e. The van der Waals surface area contributed by atoms with Crippen LogP contribution in [0.25, 0.3) is 0 Å². The van der Waals surface area contributed by atoms with E-state index in [1.54, 1.807) is 24.3 Å². The highest BCUT2D eigenvalue weighted by Crippen LogP contribution is 2.27. The van der Waals surface area contributed by atoms with Crippen LogP contribution in [0.3, 0.4) is 0 Å². The van der Waals surface area contributed by atoms with E-state index in [1.807, 2.05) is 41.5 Å². The molecule has 44 heavy (non-hydrogen) atoms. The molecule has 2 N–H and O–H groups in total. The molecule has 238 valence electrons. The molecule has 0 spiro atoms. The second-order valence-electron chi connectivity index (χ2n) is 11.0. The zero-order valence-corrected chi connectivity index (χ0v) is 27.2. The molecular formula is C36H48N2O6. The van der Waals surface area contributed by atoms with Gasteiger partial charge < -0.3 is 20.1 Å². The largest absolute Gasteiger partial charge is 0.483 e. The van der Waals surface area contributed by atoms with Gasteiger partial charge >= 0.3 is 0 Å². The van der Waals surface area contributed by atoms with Crippen LogP contribution in [0.5, 0.6) is 11.5 Å². The highest BCUT2D eigenvalue weighted by molar-refractivity contribution is 6.10. The van der Waals surface area contributed by atoms with Crippen LogP contribution in [0.15, 0.2) is 48.6 Å². The third kappa shape index (κ3) is 10.2. The van der Waals surface area contributed by atoms with Gasteiger partial charge in [0.15, 0.2) is 24.8 Å². The molecule has 0 bridgehead atoms. The van der Waals surface area contributed by atoms with Crippen LogP contribution in [0.4, 0.5) is 0 Å². The number of rotatable bonds is 19. The van der Waals surface area contributed by atoms with Gasteiger partial charge in [0.2, 0.25) is 0 Å². The lowest BCUT2D eigenvalue weighted by Gasteiger charge is -2.14. The van der Waals surface area contributed by atoms with Gasteiger partial charge in [0.25, 0.3) is 11.8 Å². The predicted octanol–water partition coefficient (Wildman–Crippen LogP) is 6.47. The Morgan fingerprint density at radius 2 is 0.955 bits per heavy atom. The molecule has 0 aromatic heterocycles. The predicted molar refractivity (Wildman–Crippen MR) is 175 cm³/mol. The van der Waals surface area contributed by atoms with Crippen molar-refractivity contribution in [2.24, 2.45) is 0 Å². The Hall–Kier alpha value is -4.20. The first kappa shape index (κ1) is 36.0. The van der Waals surface area contributed by atoms with Crippen molar-refractivity contribution in [3.05, 3.63) is 82.0 Å². The van der Waals surface area contributed by atoms with Gasteiger partial charge in [-0.2, -0.15) is 0 Å². The number of carbonyl (C=O) groups excluding carboxylic acids is 4. The Morgan fingerprint density at radius 3 is 1.30 bits per heavy atom. The maximum Gasteiger partial charge on any atom is 0.257 e. The summed E-state index contributed by atoms with van der Waals surface area (Å²) in [5, 5.41) is 5.74. The molecule has 8 nitrogen and oxygen atoms in total. The zero-order chi connectivity index (χ0) is 32.8. The molecule has 0 atom stereocenters. The molecule has 0 aliphatic rings. The first-order valence-corrected chi connectivity index (χ1v) is 15.4. The van der Waals surface area contributed by atoms with E-state index in [-0.39, 0.29) is 36.6 Å². The number of amides is 2. The minimum Gasteiger partial charge on any atom is -0.483 e. The summed E-state index contributed by atoms with van der Waals surface area (Å²) in [5.41, 5.74) is 5.67. The average molecular weight is 605 g/mol. The summed E-state index contributed by atoms with van der Waals surface area (Å²) in [6.07, 6.45) is 4.67. The summed E-state index contributed by atoms with van der Waals surface area (Å²) in [7, 11) is 0. The Kier molecular flexibility index (Phi) is 14.6. The number of Topliss-reactive ketones (excluding diaryl/α,β-unsaturated/α-hetero) is 2. The van der Waals surface area contributed by atoms with Crippen LogP contribution in [-0.4, -0.2) is 49.7 Å². The second kappa shape index (κ2) is 17.8. The van der Waals surface area contributed by atoms with Gasteiger partial charge in [-0.3, -0.25) is 19.2 Å². The molecule has 0 aliphatic carbocycles. The van der Waals surface area contributed by atoms with Gasteiger partial charge in [-0.1, -0.05) is 39.8 Å². The molecule has 0 fully saturated rings. The van der Waals surface area contributed by atoms with Gasteiger partial charge in [-0.15, -0.1) is 0 Å². The van der Waals surface area contributed by atoms with E-state index in [2.05, 4.69) is 23.8 Å². The summed E-state index contributed by atoms with van der Waals surface area (Å²) < 4.78 is 11.4. The van der Waals surface area contributed by atoms with Gasteiger partial charge in [-0.05, 0) is 111 Å². The first-order valence-electron chi connectivity index (χ1n) is 15.4. The summed E-state index contributed by atoms with van der Waals surface area (Å²) in [6, 6.07) is 6.91. The van der Waals surface area contributed by atoms with Crippen LogP contribution >= 0.6 is 0 Å². The molecule has 0 radical (unpaired) electrons. The van der Waals surface area contributed by atoms with Crippen molar-refractivity contribution in [2.45, 2.75) is 80.1 Å². The molecular weight excluding hydrogens is 556 g/mol. The number of allylic oxidation sites excluding steroid dienone is 2. The quantitative estimate of drug-likeness (QED) is 0.108. The number of unbranched alkanes of at least 4 members (excludes halogenated alkanes) is 3. The maximum absolute atomic E-state index is 12.5. The molecule has 2 aromatic rings. The third-order valence-corrected chi connectivity index (χ3v) is 7.93. The number of nitrogens with one attached hydrogen (secondary N) is 2. The van der Waals surface area contributed by atoms with Crippen molar-refractivity contribution in [3.8, 4) is 11.5 Å². The summed E-state index contributed by atoms with van der Waals surface area (Å²) in [6.45, 7) is 19.9. The average Bonchev–Trinajstić information content (AvgIpc) is 3.02. The Morgan fingerprint density at radius 1 is 0.591 bits per heavy atom. The van der Waals surface area contributed by atoms with Gasteiger partial charge in [0.1, 0.15) is 11.5 Å². The number of hydrogen-bond acceptors (Lipinski definition) is 6. The molecule has 8 heteroatoms. The topological polar surface area (TPSA) is 111 Å². The van der Waals surface area contributed by atoms with E-state index in [4.69, 9.17) is 9.47 Å². The number of ketones is 2. The fraction of sp³-hybridized carbons (Fsp3) is 0.444. The fourth-order valence-electron chi connectivity index (χ4n) is 4.55. The van der Waals surface area contributed by atoms with Crippen molar-refractivity contribution < 1.29 is 28.7 Å². The summed E-state index contributed by atoms with van der Waals surface area (Å²) in [4.78, 5) is 49.5. The Bertz CT molecular complexity index is 1290. The SMILES string of the molecule is C=C(CC)C(=O)c1ccc(OCC(=O)NCCCCCCNC(=O)COc2ccc(C(=O)C(=C)CC)c(C)c2C)c(C)c1C. The van der Waals surface area contributed by atoms with Gasteiger partial charge in [-0.25, -0.2) is 0 Å². The monoisotopic (exact) mass is 604 g/mol. The second-order valence-corrected chi connectivity index (χ2v) is 11.0. The Labute approximate surface area is 262 Å². The van der Waals surface area contributed by atoms with Crippen molar-refractivity contribution in [1.29, 1.82) is 0 Å². The van der Waals surface area contributed by atoms with Crippen LogP contribution < -0.4 is 20.1 Å².